The lowest BCUT2D eigenvalue weighted by molar-refractivity contribution is -0.159. The van der Waals surface area contributed by atoms with Crippen molar-refractivity contribution in [1.29, 1.82) is 0 Å². The van der Waals surface area contributed by atoms with Crippen molar-refractivity contribution in [1.82, 2.24) is 9.80 Å². The number of ether oxygens (including phenoxy) is 2. The largest absolute Gasteiger partial charge is 0.473 e. The van der Waals surface area contributed by atoms with Crippen LogP contribution in [0.1, 0.15) is 46.5 Å². The highest BCUT2D eigenvalue weighted by Crippen LogP contribution is 2.54. The molecule has 4 aliphatic rings. The maximum absolute atomic E-state index is 12.7. The Balaban J connectivity index is 0.000000481. The van der Waals surface area contributed by atoms with Crippen molar-refractivity contribution in [3.63, 3.8) is 0 Å². The van der Waals surface area contributed by atoms with Crippen LogP contribution in [0.3, 0.4) is 0 Å². The number of carbonyl (C=O) groups excluding carboxylic acids is 2. The molecule has 0 radical (unpaired) electrons. The van der Waals surface area contributed by atoms with E-state index in [2.05, 4.69) is 24.8 Å². The third-order valence-corrected chi connectivity index (χ3v) is 7.62. The number of nitrogens with zero attached hydrogens (tertiary/aromatic N) is 2. The van der Waals surface area contributed by atoms with Crippen LogP contribution in [-0.4, -0.2) is 89.4 Å². The summed E-state index contributed by atoms with van der Waals surface area (Å²) in [5, 5.41) is 14.8. The molecule has 0 spiro atoms. The predicted octanol–water partition coefficient (Wildman–Crippen LogP) is 2.23. The highest BCUT2D eigenvalue weighted by atomic mass is 16.6. The Labute approximate surface area is 199 Å². The van der Waals surface area contributed by atoms with Crippen LogP contribution < -0.4 is 0 Å². The van der Waals surface area contributed by atoms with Crippen LogP contribution in [0.4, 0.5) is 4.79 Å². The molecule has 1 amide bonds. The maximum Gasteiger partial charge on any atom is 0.414 e. The Bertz CT molecular complexity index is 823. The lowest BCUT2D eigenvalue weighted by Crippen LogP contribution is -2.50. The molecule has 10 nitrogen and oxygen atoms in total. The van der Waals surface area contributed by atoms with Crippen LogP contribution in [-0.2, 0) is 23.9 Å². The minimum atomic E-state index is -1.82. The second kappa shape index (κ2) is 10.8. The first kappa shape index (κ1) is 26.0. The predicted molar refractivity (Wildman–Crippen MR) is 121 cm³/mol. The summed E-state index contributed by atoms with van der Waals surface area (Å²) < 4.78 is 11.0. The third kappa shape index (κ3) is 5.71. The first-order valence-electron chi connectivity index (χ1n) is 12.1. The number of hydrogen-bond donors (Lipinski definition) is 2. The van der Waals surface area contributed by atoms with Gasteiger partial charge < -0.3 is 24.6 Å². The Morgan fingerprint density at radius 3 is 2.41 bits per heavy atom. The molecule has 1 saturated carbocycles. The molecule has 10 heteroatoms. The molecule has 5 atom stereocenters. The van der Waals surface area contributed by atoms with E-state index < -0.39 is 11.9 Å². The van der Waals surface area contributed by atoms with E-state index in [1.807, 2.05) is 6.92 Å². The molecule has 34 heavy (non-hydrogen) atoms. The molecule has 2 saturated heterocycles. The summed E-state index contributed by atoms with van der Waals surface area (Å²) in [5.74, 6) is -2.94. The molecule has 2 aliphatic heterocycles. The molecular formula is C24H36N2O8. The number of rotatable bonds is 3. The highest BCUT2D eigenvalue weighted by Gasteiger charge is 2.52. The minimum Gasteiger partial charge on any atom is -0.473 e. The van der Waals surface area contributed by atoms with Crippen molar-refractivity contribution in [2.45, 2.75) is 52.6 Å². The van der Waals surface area contributed by atoms with Crippen molar-refractivity contribution in [3.8, 4) is 0 Å². The zero-order valence-corrected chi connectivity index (χ0v) is 20.2. The minimum absolute atomic E-state index is 0.0328. The first-order valence-corrected chi connectivity index (χ1v) is 12.1. The van der Waals surface area contributed by atoms with Crippen LogP contribution in [0.25, 0.3) is 0 Å². The molecule has 190 valence electrons. The number of carboxylic acids is 2. The van der Waals surface area contributed by atoms with Crippen molar-refractivity contribution < 1.29 is 38.9 Å². The summed E-state index contributed by atoms with van der Waals surface area (Å²) in [4.78, 5) is 46.9. The third-order valence-electron chi connectivity index (χ3n) is 7.62. The van der Waals surface area contributed by atoms with Crippen LogP contribution >= 0.6 is 0 Å². The van der Waals surface area contributed by atoms with Gasteiger partial charge in [-0.25, -0.2) is 14.4 Å². The van der Waals surface area contributed by atoms with Gasteiger partial charge in [0.05, 0.1) is 12.5 Å². The van der Waals surface area contributed by atoms with E-state index in [0.29, 0.717) is 25.6 Å². The second-order valence-corrected chi connectivity index (χ2v) is 9.94. The number of amides is 1. The molecule has 0 bridgehead atoms. The van der Waals surface area contributed by atoms with Gasteiger partial charge >= 0.3 is 24.0 Å². The summed E-state index contributed by atoms with van der Waals surface area (Å²) in [7, 11) is 0. The summed E-state index contributed by atoms with van der Waals surface area (Å²) in [6.45, 7) is 10.5. The molecule has 0 aromatic heterocycles. The zero-order chi connectivity index (χ0) is 25.0. The smallest absolute Gasteiger partial charge is 0.414 e. The fourth-order valence-electron chi connectivity index (χ4n) is 5.86. The van der Waals surface area contributed by atoms with Gasteiger partial charge in [0.1, 0.15) is 6.10 Å². The van der Waals surface area contributed by atoms with Crippen molar-refractivity contribution in [2.24, 2.45) is 23.2 Å². The van der Waals surface area contributed by atoms with E-state index in [-0.39, 0.29) is 35.4 Å². The number of hydrogen-bond acceptors (Lipinski definition) is 7. The summed E-state index contributed by atoms with van der Waals surface area (Å²) in [5.41, 5.74) is 1.77. The molecule has 1 unspecified atom stereocenters. The van der Waals surface area contributed by atoms with Gasteiger partial charge in [-0.3, -0.25) is 9.69 Å². The molecule has 3 fully saturated rings. The molecule has 4 rings (SSSR count). The number of aliphatic carboxylic acids is 2. The van der Waals surface area contributed by atoms with E-state index in [9.17, 15) is 9.59 Å². The summed E-state index contributed by atoms with van der Waals surface area (Å²) in [6.07, 6.45) is 6.95. The normalized spacial score (nSPS) is 32.9. The zero-order valence-electron chi connectivity index (χ0n) is 20.2. The topological polar surface area (TPSA) is 134 Å². The summed E-state index contributed by atoms with van der Waals surface area (Å²) >= 11 is 0. The van der Waals surface area contributed by atoms with Crippen molar-refractivity contribution in [2.75, 3.05) is 39.3 Å². The summed E-state index contributed by atoms with van der Waals surface area (Å²) in [6, 6.07) is 0. The van der Waals surface area contributed by atoms with Gasteiger partial charge in [0.15, 0.2) is 0 Å². The number of carboxylic acid groups (broad SMARTS) is 2. The number of allylic oxidation sites excluding steroid dienone is 1. The molecule has 2 heterocycles. The van der Waals surface area contributed by atoms with E-state index >= 15 is 0 Å². The first-order chi connectivity index (χ1) is 16.1. The average molecular weight is 481 g/mol. The number of fused-ring (bicyclic) bond motifs is 2. The molecule has 2 aliphatic carbocycles. The molecule has 2 N–H and O–H groups in total. The van der Waals surface area contributed by atoms with Gasteiger partial charge in [-0.1, -0.05) is 31.9 Å². The average Bonchev–Trinajstić information content (AvgIpc) is 3.07. The lowest BCUT2D eigenvalue weighted by atomic mass is 9.59. The van der Waals surface area contributed by atoms with Crippen molar-refractivity contribution >= 4 is 24.0 Å². The Morgan fingerprint density at radius 1 is 1.18 bits per heavy atom. The number of piperazine rings is 1. The molecule has 0 aromatic rings. The second-order valence-electron chi connectivity index (χ2n) is 9.94. The van der Waals surface area contributed by atoms with Gasteiger partial charge in [0.25, 0.3) is 0 Å². The Morgan fingerprint density at radius 2 is 1.82 bits per heavy atom. The molecular weight excluding hydrogens is 444 g/mol. The standard InChI is InChI=1S/C22H34N2O4.C2H2O4/c1-4-27-21(26)24-10-8-23(9-11-24)14-17-16-12-18-15(2)6-5-7-22(18,3)13-19(16)28-20(17)25;3-1(4)2(5)6/h12,15-17,19H,4-11,13-14H2,1-3H3;(H,3,4)(H,5,6)/t15-,16+,17?,19+,22+;/m0./s1. The van der Waals surface area contributed by atoms with E-state index in [1.54, 1.807) is 10.5 Å². The molecule has 0 aromatic carbocycles. The van der Waals surface area contributed by atoms with Gasteiger partial charge in [-0.15, -0.1) is 0 Å². The Kier molecular flexibility index (Phi) is 8.22. The fourth-order valence-corrected chi connectivity index (χ4v) is 5.86. The van der Waals surface area contributed by atoms with Gasteiger partial charge in [0.2, 0.25) is 0 Å². The quantitative estimate of drug-likeness (QED) is 0.354. The number of carbonyl (C=O) groups is 4. The van der Waals surface area contributed by atoms with Gasteiger partial charge in [0, 0.05) is 38.6 Å². The highest BCUT2D eigenvalue weighted by molar-refractivity contribution is 6.27. The monoisotopic (exact) mass is 480 g/mol. The Hall–Kier alpha value is -2.62. The van der Waals surface area contributed by atoms with Gasteiger partial charge in [-0.05, 0) is 37.5 Å². The van der Waals surface area contributed by atoms with E-state index in [4.69, 9.17) is 29.3 Å². The van der Waals surface area contributed by atoms with E-state index in [0.717, 1.165) is 26.1 Å². The fraction of sp³-hybridized carbons (Fsp3) is 0.750. The maximum atomic E-state index is 12.7. The van der Waals surface area contributed by atoms with Crippen molar-refractivity contribution in [3.05, 3.63) is 11.6 Å². The van der Waals surface area contributed by atoms with Gasteiger partial charge in [-0.2, -0.15) is 0 Å². The SMILES string of the molecule is CCOC(=O)N1CCN(CC2C(=O)O[C@@H]3C[C@@]4(C)CCC[C@H](C)C4=C[C@H]23)CC1.O=C(O)C(=O)O. The van der Waals surface area contributed by atoms with Crippen LogP contribution in [0.2, 0.25) is 0 Å². The van der Waals surface area contributed by atoms with Crippen LogP contribution in [0, 0.1) is 23.2 Å². The lowest BCUT2D eigenvalue weighted by Gasteiger charge is -2.46. The van der Waals surface area contributed by atoms with E-state index in [1.165, 1.54) is 19.3 Å². The van der Waals surface area contributed by atoms with Crippen LogP contribution in [0.15, 0.2) is 11.6 Å². The number of esters is 1. The van der Waals surface area contributed by atoms with Crippen LogP contribution in [0.5, 0.6) is 0 Å².